The summed E-state index contributed by atoms with van der Waals surface area (Å²) in [4.78, 5) is 0. The molecule has 1 aliphatic rings. The Morgan fingerprint density at radius 2 is 0.700 bits per heavy atom. The molecule has 3 unspecified atom stereocenters. The summed E-state index contributed by atoms with van der Waals surface area (Å²) < 4.78 is 248. The first-order chi connectivity index (χ1) is 12.5. The van der Waals surface area contributed by atoms with E-state index < -0.39 is 59.2 Å². The van der Waals surface area contributed by atoms with Gasteiger partial charge in [0.1, 0.15) is 0 Å². The van der Waals surface area contributed by atoms with Crippen LogP contribution in [0.3, 0.4) is 0 Å². The van der Waals surface area contributed by atoms with Crippen LogP contribution in [0.2, 0.25) is 0 Å². The third-order valence-electron chi connectivity index (χ3n) is 4.19. The van der Waals surface area contributed by atoms with Crippen LogP contribution < -0.4 is 0 Å². The van der Waals surface area contributed by atoms with Gasteiger partial charge in [-0.3, -0.25) is 0 Å². The SMILES string of the molecule is [O]C1(F)C(F)(F)C(F)(C(F)(F)F)C(F)(F)C(F)(F)C1(F)C(F)(C(F)(F)F)C(F)(F)F. The van der Waals surface area contributed by atoms with E-state index in [9.17, 15) is 88.5 Å². The lowest BCUT2D eigenvalue weighted by Gasteiger charge is -2.58. The van der Waals surface area contributed by atoms with Gasteiger partial charge in [0, 0.05) is 0 Å². The van der Waals surface area contributed by atoms with Gasteiger partial charge in [0.15, 0.2) is 0 Å². The van der Waals surface area contributed by atoms with Gasteiger partial charge >= 0.3 is 53.5 Å². The van der Waals surface area contributed by atoms with Gasteiger partial charge in [-0.2, -0.15) is 75.4 Å². The Kier molecular flexibility index (Phi) is 5.07. The molecule has 0 heterocycles. The Morgan fingerprint density at radius 1 is 0.433 bits per heavy atom. The number of halogens is 19. The standard InChI is InChI=1S/C10F19O/c11-1(2(12,8(21,22)23)9(24,25)26)4(14,15)5(16,17)3(13,10(27,28)29)6(18,19)7(1,20)30. The summed E-state index contributed by atoms with van der Waals surface area (Å²) in [6.45, 7) is 0. The summed E-state index contributed by atoms with van der Waals surface area (Å²) in [5.41, 5.74) is -26.7. The highest BCUT2D eigenvalue weighted by molar-refractivity contribution is 5.36. The van der Waals surface area contributed by atoms with E-state index in [-0.39, 0.29) is 0 Å². The first kappa shape index (κ1) is 26.7. The summed E-state index contributed by atoms with van der Waals surface area (Å²) >= 11 is 0. The molecule has 20 heteroatoms. The highest BCUT2D eigenvalue weighted by Crippen LogP contribution is 2.76. The van der Waals surface area contributed by atoms with Crippen molar-refractivity contribution in [3.05, 3.63) is 0 Å². The van der Waals surface area contributed by atoms with E-state index in [1.54, 1.807) is 0 Å². The third-order valence-corrected chi connectivity index (χ3v) is 4.19. The average molecular weight is 497 g/mol. The smallest absolute Gasteiger partial charge is 0.226 e. The molecule has 30 heavy (non-hydrogen) atoms. The second-order valence-electron chi connectivity index (χ2n) is 5.79. The second kappa shape index (κ2) is 5.70. The van der Waals surface area contributed by atoms with Crippen molar-refractivity contribution in [1.82, 2.24) is 0 Å². The van der Waals surface area contributed by atoms with Crippen molar-refractivity contribution < 1.29 is 88.5 Å². The zero-order chi connectivity index (χ0) is 25.0. The molecule has 0 N–H and O–H groups in total. The van der Waals surface area contributed by atoms with Crippen molar-refractivity contribution in [3.63, 3.8) is 0 Å². The van der Waals surface area contributed by atoms with Crippen molar-refractivity contribution in [2.45, 2.75) is 59.2 Å². The molecule has 0 amide bonds. The van der Waals surface area contributed by atoms with Crippen molar-refractivity contribution in [2.75, 3.05) is 0 Å². The first-order valence-corrected chi connectivity index (χ1v) is 6.29. The van der Waals surface area contributed by atoms with Crippen LogP contribution in [-0.2, 0) is 5.11 Å². The van der Waals surface area contributed by atoms with E-state index in [2.05, 4.69) is 0 Å². The maximum atomic E-state index is 14.1. The first-order valence-electron chi connectivity index (χ1n) is 6.29. The second-order valence-corrected chi connectivity index (χ2v) is 5.79. The molecule has 1 saturated carbocycles. The fraction of sp³-hybridized carbons (Fsp3) is 1.00. The average Bonchev–Trinajstić information content (AvgIpc) is 2.46. The zero-order valence-electron chi connectivity index (χ0n) is 12.6. The van der Waals surface area contributed by atoms with E-state index in [1.165, 1.54) is 0 Å². The molecule has 1 rings (SSSR count). The molecule has 0 saturated heterocycles. The van der Waals surface area contributed by atoms with Gasteiger partial charge in [0.25, 0.3) is 5.67 Å². The van der Waals surface area contributed by atoms with Gasteiger partial charge in [-0.05, 0) is 0 Å². The Bertz CT molecular complexity index is 650. The van der Waals surface area contributed by atoms with Gasteiger partial charge in [-0.25, -0.2) is 13.2 Å². The molecule has 3 atom stereocenters. The molecule has 1 fully saturated rings. The van der Waals surface area contributed by atoms with Crippen LogP contribution in [0.15, 0.2) is 0 Å². The van der Waals surface area contributed by atoms with Gasteiger partial charge in [-0.1, -0.05) is 0 Å². The summed E-state index contributed by atoms with van der Waals surface area (Å²) in [5.74, 6) is -35.3. The van der Waals surface area contributed by atoms with E-state index in [0.29, 0.717) is 0 Å². The van der Waals surface area contributed by atoms with Crippen molar-refractivity contribution in [3.8, 4) is 0 Å². The van der Waals surface area contributed by atoms with Crippen LogP contribution in [-0.4, -0.2) is 59.2 Å². The number of hydrogen-bond donors (Lipinski definition) is 0. The Labute approximate surface area is 149 Å². The lowest BCUT2D eigenvalue weighted by molar-refractivity contribution is -0.550. The van der Waals surface area contributed by atoms with Gasteiger partial charge in [0.2, 0.25) is 0 Å². The molecule has 1 nitrogen and oxygen atoms in total. The maximum Gasteiger partial charge on any atom is 0.435 e. The molecular formula is C10F19O. The monoisotopic (exact) mass is 497 g/mol. The molecule has 0 aromatic rings. The van der Waals surface area contributed by atoms with Crippen LogP contribution in [0.25, 0.3) is 0 Å². The number of alkyl halides is 19. The Balaban J connectivity index is 4.39. The minimum absolute atomic E-state index is 8.25. The summed E-state index contributed by atoms with van der Waals surface area (Å²) in [5, 5.41) is 10.9. The molecule has 0 aromatic heterocycles. The largest absolute Gasteiger partial charge is 0.435 e. The van der Waals surface area contributed by atoms with Gasteiger partial charge in [0.05, 0.1) is 0 Å². The van der Waals surface area contributed by atoms with E-state index >= 15 is 0 Å². The van der Waals surface area contributed by atoms with Crippen molar-refractivity contribution in [2.24, 2.45) is 0 Å². The minimum Gasteiger partial charge on any atom is -0.226 e. The molecule has 1 aliphatic carbocycles. The van der Waals surface area contributed by atoms with Crippen LogP contribution in [0, 0.1) is 0 Å². The van der Waals surface area contributed by atoms with Crippen molar-refractivity contribution in [1.29, 1.82) is 0 Å². The topological polar surface area (TPSA) is 19.9 Å². The molecule has 0 aromatic carbocycles. The highest BCUT2D eigenvalue weighted by Gasteiger charge is 3.10. The van der Waals surface area contributed by atoms with Crippen LogP contribution in [0.4, 0.5) is 83.4 Å². The van der Waals surface area contributed by atoms with E-state index in [0.717, 1.165) is 0 Å². The summed E-state index contributed by atoms with van der Waals surface area (Å²) in [6.07, 6.45) is -25.2. The van der Waals surface area contributed by atoms with E-state index in [4.69, 9.17) is 0 Å². The molecule has 179 valence electrons. The molecule has 0 aliphatic heterocycles. The predicted octanol–water partition coefficient (Wildman–Crippen LogP) is 5.81. The third kappa shape index (κ3) is 2.23. The van der Waals surface area contributed by atoms with E-state index in [1.807, 2.05) is 0 Å². The zero-order valence-corrected chi connectivity index (χ0v) is 12.6. The van der Waals surface area contributed by atoms with Gasteiger partial charge < -0.3 is 0 Å². The summed E-state index contributed by atoms with van der Waals surface area (Å²) in [6, 6.07) is 0. The maximum absolute atomic E-state index is 14.1. The fourth-order valence-corrected chi connectivity index (χ4v) is 2.61. The lowest BCUT2D eigenvalue weighted by Crippen LogP contribution is -2.94. The Hall–Kier alpha value is -1.37. The molecular weight excluding hydrogens is 497 g/mol. The molecule has 0 spiro atoms. The van der Waals surface area contributed by atoms with Crippen LogP contribution in [0.1, 0.15) is 0 Å². The lowest BCUT2D eigenvalue weighted by atomic mass is 9.60. The molecule has 0 bridgehead atoms. The van der Waals surface area contributed by atoms with Crippen LogP contribution >= 0.6 is 0 Å². The quantitative estimate of drug-likeness (QED) is 0.408. The Morgan fingerprint density at radius 3 is 0.933 bits per heavy atom. The fourth-order valence-electron chi connectivity index (χ4n) is 2.61. The molecule has 1 radical (unpaired) electrons. The number of hydrogen-bond acceptors (Lipinski definition) is 0. The number of rotatable bonds is 1. The normalized spacial score (nSPS) is 37.2. The minimum atomic E-state index is -9.13. The van der Waals surface area contributed by atoms with Crippen molar-refractivity contribution >= 4 is 0 Å². The van der Waals surface area contributed by atoms with Gasteiger partial charge in [-0.15, -0.1) is 0 Å². The summed E-state index contributed by atoms with van der Waals surface area (Å²) in [7, 11) is 0. The van der Waals surface area contributed by atoms with Crippen LogP contribution in [0.5, 0.6) is 0 Å². The highest BCUT2D eigenvalue weighted by atomic mass is 19.4. The predicted molar refractivity (Wildman–Crippen MR) is 49.0 cm³/mol.